The zero-order valence-corrected chi connectivity index (χ0v) is 12.9. The van der Waals surface area contributed by atoms with E-state index in [2.05, 4.69) is 10.3 Å². The van der Waals surface area contributed by atoms with Gasteiger partial charge in [0.05, 0.1) is 12.2 Å². The van der Waals surface area contributed by atoms with Crippen LogP contribution >= 0.6 is 0 Å². The second-order valence-corrected chi connectivity index (χ2v) is 4.86. The number of rotatable bonds is 5. The highest BCUT2D eigenvalue weighted by Gasteiger charge is 2.12. The molecule has 3 N–H and O–H groups in total. The summed E-state index contributed by atoms with van der Waals surface area (Å²) in [6, 6.07) is 7.50. The number of hydrogen-bond acceptors (Lipinski definition) is 3. The number of benzene rings is 1. The molecule has 0 heterocycles. The van der Waals surface area contributed by atoms with Crippen molar-refractivity contribution in [3.63, 3.8) is 0 Å². The van der Waals surface area contributed by atoms with Gasteiger partial charge in [0.25, 0.3) is 0 Å². The third-order valence-corrected chi connectivity index (χ3v) is 3.23. The van der Waals surface area contributed by atoms with Crippen LogP contribution in [0.1, 0.15) is 32.8 Å². The van der Waals surface area contributed by atoms with Crippen molar-refractivity contribution in [2.45, 2.75) is 27.2 Å². The van der Waals surface area contributed by atoms with E-state index in [9.17, 15) is 4.79 Å². The van der Waals surface area contributed by atoms with Gasteiger partial charge < -0.3 is 11.1 Å². The molecule has 110 valence electrons. The molecule has 0 fully saturated rings. The molecule has 0 aliphatic carbocycles. The van der Waals surface area contributed by atoms with E-state index in [0.29, 0.717) is 11.3 Å². The Hall–Kier alpha value is -1.88. The Bertz CT molecular complexity index is 552. The number of amides is 1. The maximum atomic E-state index is 11.5. The zero-order chi connectivity index (χ0) is 15.8. The van der Waals surface area contributed by atoms with Crippen LogP contribution in [0.25, 0.3) is 5.70 Å². The van der Waals surface area contributed by atoms with Crippen LogP contribution in [-0.4, -0.2) is 26.1 Å². The lowest BCUT2D eigenvalue weighted by atomic mass is 9.93. The summed E-state index contributed by atoms with van der Waals surface area (Å²) in [7, 11) is 5.81. The van der Waals surface area contributed by atoms with Crippen molar-refractivity contribution in [1.82, 2.24) is 5.32 Å². The highest BCUT2D eigenvalue weighted by Crippen LogP contribution is 2.16. The Morgan fingerprint density at radius 3 is 2.76 bits per heavy atom. The molecule has 1 aromatic rings. The van der Waals surface area contributed by atoms with Gasteiger partial charge in [-0.2, -0.15) is 0 Å². The van der Waals surface area contributed by atoms with E-state index in [4.69, 9.17) is 13.6 Å². The SMILES string of the molecule is [B]c1cccc(/C(=C/C)N=C(NC(=O)CN)C(C)CC)c1. The summed E-state index contributed by atoms with van der Waals surface area (Å²) in [5, 5.41) is 2.78. The molecule has 0 saturated heterocycles. The van der Waals surface area contributed by atoms with Gasteiger partial charge in [-0.15, -0.1) is 0 Å². The molecular weight excluding hydrogens is 261 g/mol. The second-order valence-electron chi connectivity index (χ2n) is 4.86. The Morgan fingerprint density at radius 1 is 1.52 bits per heavy atom. The van der Waals surface area contributed by atoms with Crippen LogP contribution < -0.4 is 16.5 Å². The van der Waals surface area contributed by atoms with Crippen LogP contribution in [0.15, 0.2) is 35.3 Å². The third kappa shape index (κ3) is 5.19. The largest absolute Gasteiger partial charge is 0.322 e. The van der Waals surface area contributed by atoms with Crippen molar-refractivity contribution >= 4 is 30.7 Å². The van der Waals surface area contributed by atoms with Gasteiger partial charge in [-0.25, -0.2) is 4.99 Å². The summed E-state index contributed by atoms with van der Waals surface area (Å²) in [6.45, 7) is 5.91. The molecule has 1 aromatic carbocycles. The van der Waals surface area contributed by atoms with Crippen molar-refractivity contribution < 1.29 is 4.79 Å². The van der Waals surface area contributed by atoms with Crippen LogP contribution in [0.2, 0.25) is 0 Å². The first-order valence-electron chi connectivity index (χ1n) is 7.12. The molecule has 1 amide bonds. The molecule has 1 unspecified atom stereocenters. The topological polar surface area (TPSA) is 67.5 Å². The van der Waals surface area contributed by atoms with E-state index in [1.807, 2.05) is 51.1 Å². The van der Waals surface area contributed by atoms with Gasteiger partial charge in [-0.05, 0) is 18.9 Å². The van der Waals surface area contributed by atoms with Gasteiger partial charge in [0.1, 0.15) is 13.7 Å². The van der Waals surface area contributed by atoms with Gasteiger partial charge in [0.2, 0.25) is 5.91 Å². The molecule has 1 atom stereocenters. The van der Waals surface area contributed by atoms with Gasteiger partial charge in [0, 0.05) is 5.92 Å². The quantitative estimate of drug-likeness (QED) is 0.487. The van der Waals surface area contributed by atoms with Crippen LogP contribution in [0.4, 0.5) is 0 Å². The number of carbonyl (C=O) groups excluding carboxylic acids is 1. The summed E-state index contributed by atoms with van der Waals surface area (Å²) in [5.74, 6) is 0.525. The predicted molar refractivity (Wildman–Crippen MR) is 89.6 cm³/mol. The molecule has 4 nitrogen and oxygen atoms in total. The number of amidine groups is 1. The number of aliphatic imine (C=N–C) groups is 1. The number of nitrogens with one attached hydrogen (secondary N) is 1. The molecule has 0 aromatic heterocycles. The van der Waals surface area contributed by atoms with E-state index < -0.39 is 0 Å². The van der Waals surface area contributed by atoms with Crippen molar-refractivity contribution in [2.24, 2.45) is 16.6 Å². The van der Waals surface area contributed by atoms with Crippen molar-refractivity contribution in [1.29, 1.82) is 0 Å². The zero-order valence-electron chi connectivity index (χ0n) is 12.9. The van der Waals surface area contributed by atoms with Gasteiger partial charge in [-0.1, -0.05) is 49.7 Å². The van der Waals surface area contributed by atoms with E-state index in [0.717, 1.165) is 17.7 Å². The molecule has 5 heteroatoms. The first-order valence-corrected chi connectivity index (χ1v) is 7.12. The maximum absolute atomic E-state index is 11.5. The van der Waals surface area contributed by atoms with Gasteiger partial charge >= 0.3 is 0 Å². The van der Waals surface area contributed by atoms with Crippen LogP contribution in [0.3, 0.4) is 0 Å². The van der Waals surface area contributed by atoms with Gasteiger partial charge in [0.15, 0.2) is 0 Å². The first kappa shape index (κ1) is 17.2. The Morgan fingerprint density at radius 2 is 2.24 bits per heavy atom. The fraction of sp³-hybridized carbons (Fsp3) is 0.375. The van der Waals surface area contributed by atoms with Crippen LogP contribution in [0.5, 0.6) is 0 Å². The highest BCUT2D eigenvalue weighted by molar-refractivity contribution is 6.32. The molecular formula is C16H22BN3O. The van der Waals surface area contributed by atoms with E-state index in [1.165, 1.54) is 0 Å². The monoisotopic (exact) mass is 283 g/mol. The summed E-state index contributed by atoms with van der Waals surface area (Å²) >= 11 is 0. The average Bonchev–Trinajstić information content (AvgIpc) is 2.50. The minimum atomic E-state index is -0.239. The highest BCUT2D eigenvalue weighted by atomic mass is 16.1. The summed E-state index contributed by atoms with van der Waals surface area (Å²) in [6.07, 6.45) is 2.77. The van der Waals surface area contributed by atoms with E-state index in [1.54, 1.807) is 0 Å². The number of nitrogens with zero attached hydrogens (tertiary/aromatic N) is 1. The number of allylic oxidation sites excluding steroid dienone is 1. The van der Waals surface area contributed by atoms with E-state index in [-0.39, 0.29) is 18.4 Å². The normalized spacial score (nSPS) is 13.9. The lowest BCUT2D eigenvalue weighted by Gasteiger charge is -2.15. The first-order chi connectivity index (χ1) is 10.0. The third-order valence-electron chi connectivity index (χ3n) is 3.23. The molecule has 0 spiro atoms. The predicted octanol–water partition coefficient (Wildman–Crippen LogP) is 1.36. The number of carbonyl (C=O) groups is 1. The molecule has 1 rings (SSSR count). The number of nitrogens with two attached hydrogens (primary N) is 1. The molecule has 0 saturated carbocycles. The van der Waals surface area contributed by atoms with Crippen molar-refractivity contribution in [3.8, 4) is 0 Å². The number of hydrogen-bond donors (Lipinski definition) is 2. The fourth-order valence-corrected chi connectivity index (χ4v) is 1.77. The average molecular weight is 283 g/mol. The fourth-order valence-electron chi connectivity index (χ4n) is 1.77. The Kier molecular flexibility index (Phi) is 6.89. The summed E-state index contributed by atoms with van der Waals surface area (Å²) in [5.41, 5.74) is 7.73. The lowest BCUT2D eigenvalue weighted by Crippen LogP contribution is -2.38. The summed E-state index contributed by atoms with van der Waals surface area (Å²) in [4.78, 5) is 16.1. The van der Waals surface area contributed by atoms with E-state index >= 15 is 0 Å². The second kappa shape index (κ2) is 8.42. The standard InChI is InChI=1S/C16H22BN3O/c1-4-11(3)16(20-15(21)10-18)19-14(5-2)12-7-6-8-13(17)9-12/h5-9,11H,4,10,18H2,1-3H3,(H,19,20,21)/b14-5-. The molecule has 0 aliphatic heterocycles. The Balaban J connectivity index is 3.13. The van der Waals surface area contributed by atoms with Crippen molar-refractivity contribution in [3.05, 3.63) is 35.9 Å². The molecule has 2 radical (unpaired) electrons. The Labute approximate surface area is 127 Å². The minimum absolute atomic E-state index is 0.0566. The lowest BCUT2D eigenvalue weighted by molar-refractivity contribution is -0.118. The smallest absolute Gasteiger partial charge is 0.239 e. The molecule has 0 aliphatic rings. The maximum Gasteiger partial charge on any atom is 0.239 e. The molecule has 21 heavy (non-hydrogen) atoms. The minimum Gasteiger partial charge on any atom is -0.322 e. The van der Waals surface area contributed by atoms with Crippen LogP contribution in [0, 0.1) is 5.92 Å². The summed E-state index contributed by atoms with van der Waals surface area (Å²) < 4.78 is 0. The van der Waals surface area contributed by atoms with Crippen molar-refractivity contribution in [2.75, 3.05) is 6.54 Å². The molecule has 0 bridgehead atoms. The van der Waals surface area contributed by atoms with Crippen LogP contribution in [-0.2, 0) is 4.79 Å². The van der Waals surface area contributed by atoms with Gasteiger partial charge in [-0.3, -0.25) is 4.79 Å².